The normalized spacial score (nSPS) is 10.1. The van der Waals surface area contributed by atoms with E-state index in [2.05, 4.69) is 44.1 Å². The second kappa shape index (κ2) is 10.4. The first-order chi connectivity index (χ1) is 6.56. The minimum Gasteiger partial charge on any atom is -0.338 e. The van der Waals surface area contributed by atoms with Gasteiger partial charge in [-0.3, -0.25) is 4.55 Å². The van der Waals surface area contributed by atoms with Gasteiger partial charge in [0, 0.05) is 19.5 Å². The topological polar surface area (TPSA) is 54.4 Å². The van der Waals surface area contributed by atoms with E-state index >= 15 is 0 Å². The molecule has 92 valence electrons. The summed E-state index contributed by atoms with van der Waals surface area (Å²) in [5.41, 5.74) is 6.40. The van der Waals surface area contributed by atoms with Crippen LogP contribution in [0.15, 0.2) is 11.8 Å². The predicted molar refractivity (Wildman–Crippen MR) is 67.1 cm³/mol. The van der Waals surface area contributed by atoms with Crippen LogP contribution in [0.1, 0.15) is 19.8 Å². The SMILES string of the molecule is CCCC=C=[C-][Si](C)(C)C.CS(=O)(=O)O.[Zn]. The van der Waals surface area contributed by atoms with Gasteiger partial charge in [0.15, 0.2) is 0 Å². The molecule has 0 rings (SSSR count). The molecule has 16 heavy (non-hydrogen) atoms. The summed E-state index contributed by atoms with van der Waals surface area (Å²) >= 11 is 0. The number of allylic oxidation sites excluding steroid dienone is 1. The van der Waals surface area contributed by atoms with Crippen LogP contribution in [0, 0.1) is 5.70 Å². The fourth-order valence-electron chi connectivity index (χ4n) is 0.484. The predicted octanol–water partition coefficient (Wildman–Crippen LogP) is 2.68. The molecule has 0 atom stereocenters. The molecule has 0 aliphatic heterocycles. The van der Waals surface area contributed by atoms with E-state index in [1.54, 1.807) is 0 Å². The van der Waals surface area contributed by atoms with Gasteiger partial charge >= 0.3 is 0 Å². The van der Waals surface area contributed by atoms with Gasteiger partial charge in [0.05, 0.1) is 6.26 Å². The Morgan fingerprint density at radius 2 is 1.75 bits per heavy atom. The van der Waals surface area contributed by atoms with E-state index in [0.29, 0.717) is 6.26 Å². The van der Waals surface area contributed by atoms with Crippen LogP contribution in [0.2, 0.25) is 19.6 Å². The summed E-state index contributed by atoms with van der Waals surface area (Å²) in [5, 5.41) is 0. The van der Waals surface area contributed by atoms with E-state index < -0.39 is 18.2 Å². The molecule has 0 fully saturated rings. The minimum absolute atomic E-state index is 0. The second-order valence-electron chi connectivity index (χ2n) is 4.25. The van der Waals surface area contributed by atoms with E-state index in [1.165, 1.54) is 6.42 Å². The first-order valence-electron chi connectivity index (χ1n) is 4.83. The summed E-state index contributed by atoms with van der Waals surface area (Å²) in [6.45, 7) is 8.96. The maximum absolute atomic E-state index is 9.19. The Morgan fingerprint density at radius 3 is 2.00 bits per heavy atom. The van der Waals surface area contributed by atoms with Crippen LogP contribution in [0.3, 0.4) is 0 Å². The zero-order valence-electron chi connectivity index (χ0n) is 10.9. The molecule has 0 saturated carbocycles. The molecular formula is C10H21O3SSiZn-. The Bertz CT molecular complexity index is 303. The van der Waals surface area contributed by atoms with Gasteiger partial charge in [-0.2, -0.15) is 14.5 Å². The molecule has 0 spiro atoms. The maximum Gasteiger partial charge on any atom is 0.261 e. The summed E-state index contributed by atoms with van der Waals surface area (Å²) in [5.74, 6) is 0. The quantitative estimate of drug-likeness (QED) is 0.377. The Hall–Kier alpha value is 0.270. The van der Waals surface area contributed by atoms with E-state index in [1.807, 2.05) is 0 Å². The van der Waals surface area contributed by atoms with Crippen LogP contribution in [0.4, 0.5) is 0 Å². The average molecular weight is 315 g/mol. The van der Waals surface area contributed by atoms with Gasteiger partial charge in [-0.1, -0.05) is 39.4 Å². The Kier molecular flexibility index (Phi) is 14.0. The van der Waals surface area contributed by atoms with Gasteiger partial charge in [0.1, 0.15) is 0 Å². The molecule has 0 bridgehead atoms. The monoisotopic (exact) mass is 313 g/mol. The van der Waals surface area contributed by atoms with Crippen molar-refractivity contribution in [1.82, 2.24) is 0 Å². The minimum atomic E-state index is -3.67. The third kappa shape index (κ3) is 47.5. The molecule has 0 aliphatic carbocycles. The summed E-state index contributed by atoms with van der Waals surface area (Å²) in [4.78, 5) is 0. The second-order valence-corrected chi connectivity index (χ2v) is 10.5. The molecule has 0 saturated heterocycles. The summed E-state index contributed by atoms with van der Waals surface area (Å²) < 4.78 is 25.9. The molecule has 0 heterocycles. The van der Waals surface area contributed by atoms with Crippen molar-refractivity contribution in [2.75, 3.05) is 6.26 Å². The Balaban J connectivity index is -0.000000242. The van der Waals surface area contributed by atoms with Gasteiger partial charge in [-0.05, 0) is 8.07 Å². The molecule has 0 aromatic carbocycles. The van der Waals surface area contributed by atoms with Crippen molar-refractivity contribution in [1.29, 1.82) is 0 Å². The van der Waals surface area contributed by atoms with Crippen molar-refractivity contribution in [3.63, 3.8) is 0 Å². The zero-order valence-corrected chi connectivity index (χ0v) is 15.7. The third-order valence-electron chi connectivity index (χ3n) is 0.982. The zero-order chi connectivity index (χ0) is 12.5. The number of hydrogen-bond acceptors (Lipinski definition) is 2. The first-order valence-corrected chi connectivity index (χ1v) is 10.2. The maximum atomic E-state index is 9.19. The van der Waals surface area contributed by atoms with Gasteiger partial charge in [0.2, 0.25) is 0 Å². The molecule has 0 aliphatic rings. The van der Waals surface area contributed by atoms with Crippen LogP contribution in [-0.4, -0.2) is 27.3 Å². The van der Waals surface area contributed by atoms with Gasteiger partial charge in [0.25, 0.3) is 10.1 Å². The summed E-state index contributed by atoms with van der Waals surface area (Å²) in [7, 11) is -4.77. The van der Waals surface area contributed by atoms with Crippen LogP contribution >= 0.6 is 0 Å². The number of unbranched alkanes of at least 4 members (excludes halogenated alkanes) is 1. The molecule has 3 nitrogen and oxygen atoms in total. The van der Waals surface area contributed by atoms with Crippen LogP contribution in [-0.2, 0) is 29.6 Å². The van der Waals surface area contributed by atoms with Gasteiger partial charge in [-0.15, -0.1) is 0 Å². The van der Waals surface area contributed by atoms with Crippen molar-refractivity contribution in [2.45, 2.75) is 39.4 Å². The van der Waals surface area contributed by atoms with Crippen molar-refractivity contribution >= 4 is 18.2 Å². The van der Waals surface area contributed by atoms with Gasteiger partial charge < -0.3 is 5.73 Å². The smallest absolute Gasteiger partial charge is 0.261 e. The van der Waals surface area contributed by atoms with Crippen molar-refractivity contribution in [3.05, 3.63) is 17.5 Å². The number of hydrogen-bond donors (Lipinski definition) is 1. The molecule has 1 N–H and O–H groups in total. The summed E-state index contributed by atoms with van der Waals surface area (Å²) in [6.07, 6.45) is 5.14. The van der Waals surface area contributed by atoms with Crippen molar-refractivity contribution < 1.29 is 32.4 Å². The largest absolute Gasteiger partial charge is 0.338 e. The van der Waals surface area contributed by atoms with E-state index in [0.717, 1.165) is 6.42 Å². The van der Waals surface area contributed by atoms with Gasteiger partial charge in [-0.25, -0.2) is 5.70 Å². The Morgan fingerprint density at radius 1 is 1.38 bits per heavy atom. The fourth-order valence-corrected chi connectivity index (χ4v) is 1.02. The molecule has 0 amide bonds. The van der Waals surface area contributed by atoms with Crippen LogP contribution in [0.5, 0.6) is 0 Å². The molecule has 0 aromatic heterocycles. The van der Waals surface area contributed by atoms with E-state index in [4.69, 9.17) is 4.55 Å². The molecule has 0 unspecified atom stereocenters. The summed E-state index contributed by atoms with van der Waals surface area (Å²) in [6, 6.07) is 0. The van der Waals surface area contributed by atoms with E-state index in [9.17, 15) is 8.42 Å². The van der Waals surface area contributed by atoms with Crippen LogP contribution < -0.4 is 0 Å². The van der Waals surface area contributed by atoms with Crippen molar-refractivity contribution in [2.24, 2.45) is 0 Å². The van der Waals surface area contributed by atoms with Crippen molar-refractivity contribution in [3.8, 4) is 0 Å². The first kappa shape index (κ1) is 21.5. The average Bonchev–Trinajstić information content (AvgIpc) is 1.93. The molecular weight excluding hydrogens is 294 g/mol. The van der Waals surface area contributed by atoms with E-state index in [-0.39, 0.29) is 19.5 Å². The molecule has 6 heteroatoms. The fraction of sp³-hybridized carbons (Fsp3) is 0.700. The third-order valence-corrected chi connectivity index (χ3v) is 1.88. The standard InChI is InChI=1S/C9H17Si.CH4O3S.Zn/c1-5-6-7-8-9-10(2,3)4;1-5(2,3)4;/h7H,5-6H2,1-4H3;1H3,(H,2,3,4);/q-1;;. The Labute approximate surface area is 114 Å². The van der Waals surface area contributed by atoms with Crippen LogP contribution in [0.25, 0.3) is 0 Å². The molecule has 0 aromatic rings. The number of rotatable bonds is 3. The molecule has 0 radical (unpaired) electrons.